The Bertz CT molecular complexity index is 1130. The zero-order valence-corrected chi connectivity index (χ0v) is 20.4. The van der Waals surface area contributed by atoms with Crippen molar-refractivity contribution >= 4 is 17.3 Å². The van der Waals surface area contributed by atoms with E-state index >= 15 is 0 Å². The van der Waals surface area contributed by atoms with Gasteiger partial charge >= 0.3 is 12.3 Å². The first-order chi connectivity index (χ1) is 17.2. The number of aromatic carboxylic acids is 1. The second-order valence-corrected chi connectivity index (χ2v) is 9.55. The molecule has 1 aliphatic heterocycles. The largest absolute Gasteiger partial charge is 0.658 e. The minimum Gasteiger partial charge on any atom is -0.658 e. The molecule has 0 radical (unpaired) electrons. The highest BCUT2D eigenvalue weighted by atomic mass is 32.1. The summed E-state index contributed by atoms with van der Waals surface area (Å²) in [4.78, 5) is 23.7. The van der Waals surface area contributed by atoms with E-state index in [1.807, 2.05) is 6.20 Å². The van der Waals surface area contributed by atoms with Crippen molar-refractivity contribution in [3.63, 3.8) is 0 Å². The Morgan fingerprint density at radius 3 is 2.67 bits per heavy atom. The number of fused-ring (bicyclic) bond motifs is 1. The molecule has 36 heavy (non-hydrogen) atoms. The number of rotatable bonds is 9. The van der Waals surface area contributed by atoms with E-state index < -0.39 is 12.3 Å². The van der Waals surface area contributed by atoms with Crippen LogP contribution in [0.1, 0.15) is 34.5 Å². The van der Waals surface area contributed by atoms with E-state index in [2.05, 4.69) is 36.8 Å². The van der Waals surface area contributed by atoms with Crippen molar-refractivity contribution in [3.8, 4) is 5.75 Å². The number of ether oxygens (including phenoxy) is 1. The lowest BCUT2D eigenvalue weighted by molar-refractivity contribution is -0.274. The number of nitrogens with zero attached hydrogens (tertiary/aromatic N) is 4. The fraction of sp³-hybridized carbons (Fsp3) is 0.458. The molecule has 12 heteroatoms. The van der Waals surface area contributed by atoms with Crippen LogP contribution in [0.25, 0.3) is 5.32 Å². The summed E-state index contributed by atoms with van der Waals surface area (Å²) in [7, 11) is 0. The number of carboxylic acid groups (broad SMARTS) is 1. The molecular formula is C24H27F3N5O3S-. The van der Waals surface area contributed by atoms with Gasteiger partial charge in [0.05, 0.1) is 5.51 Å². The third-order valence-electron chi connectivity index (χ3n) is 6.27. The second-order valence-electron chi connectivity index (χ2n) is 8.83. The summed E-state index contributed by atoms with van der Waals surface area (Å²) in [5.74, 6) is 1.87. The molecule has 194 valence electrons. The Balaban J connectivity index is 0.000000325. The van der Waals surface area contributed by atoms with Crippen molar-refractivity contribution in [2.45, 2.75) is 32.8 Å². The molecular weight excluding hydrogens is 495 g/mol. The maximum atomic E-state index is 12.3. The number of piperidine rings is 1. The quantitative estimate of drug-likeness (QED) is 0.411. The van der Waals surface area contributed by atoms with Gasteiger partial charge in [0.2, 0.25) is 0 Å². The molecule has 0 amide bonds. The molecule has 0 bridgehead atoms. The molecule has 2 unspecified atom stereocenters. The number of H-pyrrole nitrogens is 1. The standard InChI is InChI=1S/C20H24F3N4O.C4H3NO2S/c1-2-19-25-8-14(26-19)10-27-11-17-16(18(17)12-27)9-24-7-13-4-3-5-15(6-13)28-20(21,22)23;6-4(7)3-1-8-2-5-3/h3-6,8,16-18H,2,7,9-12H2,1H3,(H,25,26);1-2H,(H,6,7)/q-1;. The van der Waals surface area contributed by atoms with E-state index in [9.17, 15) is 18.0 Å². The number of carbonyl (C=O) groups is 1. The van der Waals surface area contributed by atoms with E-state index in [1.54, 1.807) is 12.1 Å². The Labute approximate surface area is 210 Å². The van der Waals surface area contributed by atoms with Gasteiger partial charge in [-0.1, -0.05) is 30.5 Å². The minimum absolute atomic E-state index is 0.120. The first kappa shape index (κ1) is 26.1. The summed E-state index contributed by atoms with van der Waals surface area (Å²) in [5.41, 5.74) is 3.51. The summed E-state index contributed by atoms with van der Waals surface area (Å²) in [5, 5.41) is 14.3. The van der Waals surface area contributed by atoms with Crippen LogP contribution in [0.3, 0.4) is 0 Å². The summed E-state index contributed by atoms with van der Waals surface area (Å²) in [6.45, 7) is 6.36. The predicted molar refractivity (Wildman–Crippen MR) is 128 cm³/mol. The summed E-state index contributed by atoms with van der Waals surface area (Å²) in [6, 6.07) is 6.05. The molecule has 1 saturated heterocycles. The lowest BCUT2D eigenvalue weighted by Crippen LogP contribution is -2.24. The molecule has 2 aliphatic rings. The van der Waals surface area contributed by atoms with Gasteiger partial charge in [-0.2, -0.15) is 0 Å². The third kappa shape index (κ3) is 7.28. The van der Waals surface area contributed by atoms with Gasteiger partial charge in [0.15, 0.2) is 5.69 Å². The first-order valence-corrected chi connectivity index (χ1v) is 12.5. The number of aryl methyl sites for hydroxylation is 1. The number of aromatic amines is 1. The number of alkyl halides is 3. The lowest BCUT2D eigenvalue weighted by atomic mass is 10.2. The number of halogens is 3. The summed E-state index contributed by atoms with van der Waals surface area (Å²) < 4.78 is 40.9. The number of likely N-dealkylation sites (tertiary alicyclic amines) is 1. The molecule has 1 saturated carbocycles. The average Bonchev–Trinajstić information content (AvgIpc) is 3.35. The Morgan fingerprint density at radius 2 is 2.08 bits per heavy atom. The fourth-order valence-corrected chi connectivity index (χ4v) is 5.07. The van der Waals surface area contributed by atoms with Crippen molar-refractivity contribution in [1.29, 1.82) is 0 Å². The van der Waals surface area contributed by atoms with Crippen LogP contribution in [-0.4, -0.2) is 56.9 Å². The van der Waals surface area contributed by atoms with Gasteiger partial charge in [0.1, 0.15) is 11.6 Å². The Hall–Kier alpha value is -2.96. The fourth-order valence-electron chi connectivity index (χ4n) is 4.55. The molecule has 2 atom stereocenters. The lowest BCUT2D eigenvalue weighted by Gasteiger charge is -2.23. The van der Waals surface area contributed by atoms with Gasteiger partial charge in [-0.05, 0) is 24.0 Å². The highest BCUT2D eigenvalue weighted by molar-refractivity contribution is 7.07. The molecule has 1 aromatic carbocycles. The number of carboxylic acids is 1. The topological polar surface area (TPSA) is 105 Å². The Morgan fingerprint density at radius 1 is 1.31 bits per heavy atom. The van der Waals surface area contributed by atoms with Gasteiger partial charge in [0, 0.05) is 43.3 Å². The van der Waals surface area contributed by atoms with Gasteiger partial charge in [-0.3, -0.25) is 4.90 Å². The minimum atomic E-state index is -4.67. The van der Waals surface area contributed by atoms with Crippen molar-refractivity contribution in [2.75, 3.05) is 19.6 Å². The van der Waals surface area contributed by atoms with Crippen molar-refractivity contribution in [1.82, 2.24) is 19.9 Å². The monoisotopic (exact) mass is 522 g/mol. The normalized spacial score (nSPS) is 20.9. The van der Waals surface area contributed by atoms with Crippen molar-refractivity contribution in [3.05, 3.63) is 69.4 Å². The van der Waals surface area contributed by atoms with Crippen LogP contribution in [0.2, 0.25) is 0 Å². The number of imidazole rings is 1. The van der Waals surface area contributed by atoms with E-state index in [4.69, 9.17) is 5.11 Å². The number of thiazole rings is 1. The van der Waals surface area contributed by atoms with Crippen LogP contribution in [0, 0.1) is 17.8 Å². The van der Waals surface area contributed by atoms with Crippen LogP contribution < -0.4 is 4.74 Å². The van der Waals surface area contributed by atoms with E-state index in [0.717, 1.165) is 44.0 Å². The van der Waals surface area contributed by atoms with E-state index in [-0.39, 0.29) is 11.4 Å². The SMILES string of the molecule is CCc1ncc(CN2CC3C(C[N-]Cc4cccc(OC(F)(F)F)c4)C3C2)[nH]1.O=C(O)c1cscn1. The zero-order valence-electron chi connectivity index (χ0n) is 19.6. The predicted octanol–water partition coefficient (Wildman–Crippen LogP) is 4.96. The maximum Gasteiger partial charge on any atom is 0.573 e. The molecule has 2 fully saturated rings. The average molecular weight is 523 g/mol. The molecule has 5 rings (SSSR count). The molecule has 0 spiro atoms. The number of nitrogens with one attached hydrogen (secondary N) is 1. The van der Waals surface area contributed by atoms with E-state index in [0.29, 0.717) is 24.3 Å². The van der Waals surface area contributed by atoms with Gasteiger partial charge < -0.3 is 20.1 Å². The zero-order chi connectivity index (χ0) is 25.7. The molecule has 8 nitrogen and oxygen atoms in total. The van der Waals surface area contributed by atoms with Crippen LogP contribution in [0.15, 0.2) is 41.4 Å². The number of hydrogen-bond acceptors (Lipinski definition) is 6. The van der Waals surface area contributed by atoms with E-state index in [1.165, 1.54) is 40.1 Å². The maximum absolute atomic E-state index is 12.3. The van der Waals surface area contributed by atoms with Gasteiger partial charge in [0.25, 0.3) is 0 Å². The highest BCUT2D eigenvalue weighted by Gasteiger charge is 2.53. The van der Waals surface area contributed by atoms with Crippen molar-refractivity contribution in [2.24, 2.45) is 17.8 Å². The number of hydrogen-bond donors (Lipinski definition) is 2. The smallest absolute Gasteiger partial charge is 0.573 e. The van der Waals surface area contributed by atoms with Crippen LogP contribution >= 0.6 is 11.3 Å². The van der Waals surface area contributed by atoms with Crippen molar-refractivity contribution < 1.29 is 27.8 Å². The van der Waals surface area contributed by atoms with Crippen LogP contribution in [0.4, 0.5) is 13.2 Å². The second kappa shape index (κ2) is 11.4. The van der Waals surface area contributed by atoms with Gasteiger partial charge in [-0.15, -0.1) is 37.6 Å². The Kier molecular flexibility index (Phi) is 8.27. The van der Waals surface area contributed by atoms with Gasteiger partial charge in [-0.25, -0.2) is 14.8 Å². The molecule has 1 aliphatic carbocycles. The molecule has 2 aromatic heterocycles. The van der Waals surface area contributed by atoms with Crippen LogP contribution in [0.5, 0.6) is 5.75 Å². The molecule has 3 heterocycles. The number of aromatic nitrogens is 3. The number of benzene rings is 1. The third-order valence-corrected chi connectivity index (χ3v) is 6.86. The summed E-state index contributed by atoms with van der Waals surface area (Å²) in [6.07, 6.45) is -1.83. The molecule has 2 N–H and O–H groups in total. The van der Waals surface area contributed by atoms with Crippen LogP contribution in [-0.2, 0) is 19.5 Å². The molecule has 3 aromatic rings. The highest BCUT2D eigenvalue weighted by Crippen LogP contribution is 2.52. The summed E-state index contributed by atoms with van der Waals surface area (Å²) >= 11 is 1.28. The first-order valence-electron chi connectivity index (χ1n) is 11.6.